The van der Waals surface area contributed by atoms with E-state index in [0.29, 0.717) is 39.6 Å². The maximum Gasteiger partial charge on any atom is 0.408 e. The molecule has 186 valence electrons. The van der Waals surface area contributed by atoms with Gasteiger partial charge in [-0.2, -0.15) is 13.9 Å². The number of nitrogens with zero attached hydrogens (tertiary/aromatic N) is 5. The second kappa shape index (κ2) is 8.34. The van der Waals surface area contributed by atoms with Gasteiger partial charge < -0.3 is 15.0 Å². The molecule has 2 saturated heterocycles. The number of thiazole rings is 1. The number of ether oxygens (including phenoxy) is 1. The molecule has 3 atom stereocenters. The highest BCUT2D eigenvalue weighted by Gasteiger charge is 2.55. The van der Waals surface area contributed by atoms with Crippen molar-refractivity contribution in [2.75, 3.05) is 6.54 Å². The lowest BCUT2D eigenvalue weighted by molar-refractivity contribution is 0.0564. The van der Waals surface area contributed by atoms with E-state index in [9.17, 15) is 18.0 Å². The third-order valence-corrected chi connectivity index (χ3v) is 7.81. The van der Waals surface area contributed by atoms with Crippen LogP contribution >= 0.6 is 22.9 Å². The largest absolute Gasteiger partial charge is 0.444 e. The number of benzene rings is 1. The zero-order chi connectivity index (χ0) is 25.2. The molecule has 2 fully saturated rings. The Labute approximate surface area is 212 Å². The normalized spacial score (nSPS) is 25.4. The summed E-state index contributed by atoms with van der Waals surface area (Å²) in [7, 11) is 0. The molecule has 2 aromatic heterocycles. The van der Waals surface area contributed by atoms with Crippen LogP contribution in [-0.2, 0) is 4.74 Å². The van der Waals surface area contributed by atoms with Crippen molar-refractivity contribution in [3.63, 3.8) is 0 Å². The molecule has 0 saturated carbocycles. The van der Waals surface area contributed by atoms with E-state index in [-0.39, 0.29) is 10.7 Å². The van der Waals surface area contributed by atoms with E-state index in [4.69, 9.17) is 21.3 Å². The third kappa shape index (κ3) is 3.58. The number of alkyl carbamates (subject to hydrolysis) is 1. The summed E-state index contributed by atoms with van der Waals surface area (Å²) in [4.78, 5) is 23.5. The highest BCUT2D eigenvalue weighted by molar-refractivity contribution is 7.11. The highest BCUT2D eigenvalue weighted by Crippen LogP contribution is 2.49. The Kier molecular flexibility index (Phi) is 5.34. The minimum absolute atomic E-state index is 0.140. The van der Waals surface area contributed by atoms with Crippen molar-refractivity contribution in [3.05, 3.63) is 74.8 Å². The Bertz CT molecular complexity index is 1420. The van der Waals surface area contributed by atoms with Crippen LogP contribution in [0.3, 0.4) is 0 Å². The van der Waals surface area contributed by atoms with E-state index in [1.165, 1.54) is 41.8 Å². The van der Waals surface area contributed by atoms with E-state index in [0.717, 1.165) is 5.70 Å². The van der Waals surface area contributed by atoms with Gasteiger partial charge in [0, 0.05) is 46.1 Å². The molecule has 1 amide bonds. The fourth-order valence-corrected chi connectivity index (χ4v) is 5.89. The molecular weight excluding hydrogens is 517 g/mol. The number of amides is 1. The third-order valence-electron chi connectivity index (χ3n) is 6.72. The lowest BCUT2D eigenvalue weighted by Gasteiger charge is -2.32. The zero-order valence-electron chi connectivity index (χ0n) is 18.7. The van der Waals surface area contributed by atoms with Crippen molar-refractivity contribution in [3.8, 4) is 0 Å². The summed E-state index contributed by atoms with van der Waals surface area (Å²) in [5.41, 5.74) is 1.24. The summed E-state index contributed by atoms with van der Waals surface area (Å²) in [5.74, 6) is 0.0219. The number of nitrogens with one attached hydrogen (secondary N) is 1. The minimum Gasteiger partial charge on any atom is -0.444 e. The van der Waals surface area contributed by atoms with E-state index in [1.807, 2.05) is 10.3 Å². The van der Waals surface area contributed by atoms with Gasteiger partial charge in [0.2, 0.25) is 0 Å². The summed E-state index contributed by atoms with van der Waals surface area (Å²) in [6, 6.07) is 4.69. The lowest BCUT2D eigenvalue weighted by Crippen LogP contribution is -2.50. The van der Waals surface area contributed by atoms with Gasteiger partial charge in [-0.1, -0.05) is 17.7 Å². The first-order valence-corrected chi connectivity index (χ1v) is 12.3. The van der Waals surface area contributed by atoms with Crippen molar-refractivity contribution < 1.29 is 22.7 Å². The molecule has 1 aromatic carbocycles. The average Bonchev–Trinajstić information content (AvgIpc) is 3.60. The molecule has 0 radical (unpaired) electrons. The number of amidine groups is 1. The molecule has 3 aliphatic heterocycles. The van der Waals surface area contributed by atoms with Gasteiger partial charge in [-0.15, -0.1) is 11.3 Å². The molecular formula is C23H18ClF3N6O2S. The fraction of sp³-hybridized carbons (Fsp3) is 0.304. The van der Waals surface area contributed by atoms with Crippen molar-refractivity contribution in [1.29, 1.82) is 0 Å². The van der Waals surface area contributed by atoms with Gasteiger partial charge in [0.1, 0.15) is 23.5 Å². The van der Waals surface area contributed by atoms with Crippen molar-refractivity contribution in [2.45, 2.75) is 37.6 Å². The molecule has 0 bridgehead atoms. The van der Waals surface area contributed by atoms with Crippen LogP contribution in [0.15, 0.2) is 52.7 Å². The second-order valence-corrected chi connectivity index (χ2v) is 10.1. The number of carbonyl (C=O) groups is 1. The molecule has 5 heterocycles. The van der Waals surface area contributed by atoms with Gasteiger partial charge >= 0.3 is 12.6 Å². The van der Waals surface area contributed by atoms with E-state index in [2.05, 4.69) is 15.4 Å². The summed E-state index contributed by atoms with van der Waals surface area (Å²) < 4.78 is 46.8. The molecule has 8 nitrogen and oxygen atoms in total. The van der Waals surface area contributed by atoms with E-state index in [1.54, 1.807) is 13.1 Å². The van der Waals surface area contributed by atoms with Gasteiger partial charge in [0.25, 0.3) is 0 Å². The number of aromatic nitrogens is 3. The first-order valence-electron chi connectivity index (χ1n) is 11.0. The first-order chi connectivity index (χ1) is 17.3. The first kappa shape index (κ1) is 23.0. The standard InChI is InChI=1S/C23H18ClF3N6O2S/c1-11-23(30-22(34)35-11)9-16-17(15-4-6-33(31-15)21(26)27)18(13-3-2-12(25)8-14(13)24)29-19(32(16)10-23)20-28-5-7-36-20/h2-8,11,18,21H,9-10H2,1H3,(H,30,34)/t11?,18-,23-/m0/s1. The van der Waals surface area contributed by atoms with Crippen LogP contribution in [0.5, 0.6) is 0 Å². The number of halogens is 4. The molecule has 13 heteroatoms. The quantitative estimate of drug-likeness (QED) is 0.508. The Morgan fingerprint density at radius 1 is 1.33 bits per heavy atom. The Hall–Kier alpha value is -3.38. The number of fused-ring (bicyclic) bond motifs is 1. The smallest absolute Gasteiger partial charge is 0.408 e. The summed E-state index contributed by atoms with van der Waals surface area (Å²) in [6.45, 7) is -0.698. The van der Waals surface area contributed by atoms with Crippen molar-refractivity contribution >= 4 is 40.4 Å². The Morgan fingerprint density at radius 3 is 2.81 bits per heavy atom. The summed E-state index contributed by atoms with van der Waals surface area (Å²) in [5, 5.41) is 9.64. The van der Waals surface area contributed by atoms with E-state index >= 15 is 0 Å². The van der Waals surface area contributed by atoms with Crippen LogP contribution in [0.25, 0.3) is 5.57 Å². The zero-order valence-corrected chi connectivity index (χ0v) is 20.2. The number of cyclic esters (lactones) is 1. The van der Waals surface area contributed by atoms with Gasteiger partial charge in [-0.3, -0.25) is 4.99 Å². The summed E-state index contributed by atoms with van der Waals surface area (Å²) >= 11 is 7.85. The monoisotopic (exact) mass is 534 g/mol. The Balaban J connectivity index is 1.59. The number of rotatable bonds is 4. The van der Waals surface area contributed by atoms with Gasteiger partial charge in [0.05, 0.1) is 12.2 Å². The molecule has 1 spiro atoms. The number of aliphatic imine (C=N–C) groups is 1. The lowest BCUT2D eigenvalue weighted by atomic mass is 9.88. The minimum atomic E-state index is -2.83. The molecule has 0 aliphatic carbocycles. The fourth-order valence-electron chi connectivity index (χ4n) is 4.98. The van der Waals surface area contributed by atoms with Crippen molar-refractivity contribution in [1.82, 2.24) is 25.0 Å². The summed E-state index contributed by atoms with van der Waals surface area (Å²) in [6.07, 6.45) is 2.18. The van der Waals surface area contributed by atoms with Crippen LogP contribution in [0.1, 0.15) is 42.2 Å². The maximum absolute atomic E-state index is 13.9. The molecule has 36 heavy (non-hydrogen) atoms. The van der Waals surface area contributed by atoms with Crippen LogP contribution in [-0.4, -0.2) is 49.8 Å². The van der Waals surface area contributed by atoms with Crippen molar-refractivity contribution in [2.24, 2.45) is 4.99 Å². The SMILES string of the molecule is CC1OC(=O)N[C@]12CC1=C(c3ccn(C(F)F)n3)[C@H](c3ccc(F)cc3Cl)N=C(c3nccs3)N1C2. The highest BCUT2D eigenvalue weighted by atomic mass is 35.5. The predicted octanol–water partition coefficient (Wildman–Crippen LogP) is 5.01. The molecule has 1 unspecified atom stereocenters. The molecule has 1 N–H and O–H groups in total. The van der Waals surface area contributed by atoms with Gasteiger partial charge in [-0.05, 0) is 25.1 Å². The second-order valence-electron chi connectivity index (χ2n) is 8.77. The van der Waals surface area contributed by atoms with Gasteiger partial charge in [0.15, 0.2) is 10.8 Å². The number of alkyl halides is 2. The topological polar surface area (TPSA) is 84.6 Å². The molecule has 6 rings (SSSR count). The molecule has 3 aromatic rings. The number of hydrogen-bond donors (Lipinski definition) is 1. The number of hydrogen-bond acceptors (Lipinski definition) is 7. The molecule has 3 aliphatic rings. The van der Waals surface area contributed by atoms with E-state index < -0.39 is 36.1 Å². The number of carbonyl (C=O) groups excluding carboxylic acids is 1. The van der Waals surface area contributed by atoms with Crippen LogP contribution in [0.4, 0.5) is 18.0 Å². The van der Waals surface area contributed by atoms with Crippen LogP contribution in [0, 0.1) is 5.82 Å². The van der Waals surface area contributed by atoms with Gasteiger partial charge in [-0.25, -0.2) is 18.9 Å². The Morgan fingerprint density at radius 2 is 2.17 bits per heavy atom. The maximum atomic E-state index is 13.9. The average molecular weight is 535 g/mol. The van der Waals surface area contributed by atoms with Crippen LogP contribution < -0.4 is 5.32 Å². The van der Waals surface area contributed by atoms with Crippen LogP contribution in [0.2, 0.25) is 5.02 Å². The predicted molar refractivity (Wildman–Crippen MR) is 126 cm³/mol.